The summed E-state index contributed by atoms with van der Waals surface area (Å²) < 4.78 is 11.0. The smallest absolute Gasteiger partial charge is 0.115 e. The van der Waals surface area contributed by atoms with E-state index in [1.807, 2.05) is 0 Å². The molecule has 0 aromatic rings. The van der Waals surface area contributed by atoms with E-state index in [0.29, 0.717) is 50.8 Å². The fourth-order valence-electron chi connectivity index (χ4n) is 1.57. The number of allylic oxidation sites excluding steroid dienone is 1. The maximum atomic E-state index is 9.16. The lowest BCUT2D eigenvalue weighted by atomic mass is 10.2. The predicted molar refractivity (Wildman–Crippen MR) is 79.4 cm³/mol. The maximum absolute atomic E-state index is 9.16. The minimum atomic E-state index is -0.969. The van der Waals surface area contributed by atoms with Crippen molar-refractivity contribution in [2.45, 2.75) is 38.3 Å². The van der Waals surface area contributed by atoms with E-state index in [4.69, 9.17) is 37.5 Å². The van der Waals surface area contributed by atoms with E-state index in [1.165, 1.54) is 0 Å². The van der Waals surface area contributed by atoms with Gasteiger partial charge in [0, 0.05) is 26.1 Å². The second kappa shape index (κ2) is 13.1. The third-order valence-corrected chi connectivity index (χ3v) is 2.60. The number of aliphatic hydroxyl groups is 1. The summed E-state index contributed by atoms with van der Waals surface area (Å²) in [5, 5.41) is 9.16. The number of nitrogens with two attached hydrogens (primary N) is 4. The molecule has 9 N–H and O–H groups in total. The molecule has 0 fully saturated rings. The molecule has 0 bridgehead atoms. The van der Waals surface area contributed by atoms with Crippen LogP contribution in [0.15, 0.2) is 11.5 Å². The number of ether oxygens (including phenoxy) is 2. The van der Waals surface area contributed by atoms with Gasteiger partial charge in [-0.05, 0) is 32.4 Å². The molecule has 0 saturated heterocycles. The van der Waals surface area contributed by atoms with Crippen molar-refractivity contribution in [1.29, 1.82) is 0 Å². The van der Waals surface area contributed by atoms with Gasteiger partial charge in [0.05, 0.1) is 12.3 Å². The van der Waals surface area contributed by atoms with Crippen molar-refractivity contribution in [3.8, 4) is 0 Å². The first-order chi connectivity index (χ1) is 9.61. The van der Waals surface area contributed by atoms with Crippen LogP contribution in [0.5, 0.6) is 0 Å². The largest absolute Gasteiger partial charge is 0.496 e. The molecule has 0 amide bonds. The van der Waals surface area contributed by atoms with Crippen molar-refractivity contribution in [1.82, 2.24) is 0 Å². The number of hydrogen-bond acceptors (Lipinski definition) is 7. The highest BCUT2D eigenvalue weighted by molar-refractivity contribution is 5.05. The van der Waals surface area contributed by atoms with Crippen molar-refractivity contribution in [3.63, 3.8) is 0 Å². The minimum Gasteiger partial charge on any atom is -0.496 e. The van der Waals surface area contributed by atoms with Crippen LogP contribution in [0.25, 0.3) is 0 Å². The molecule has 0 aromatic heterocycles. The molecular formula is C13H30N4O3. The predicted octanol–water partition coefficient (Wildman–Crippen LogP) is -0.665. The zero-order valence-corrected chi connectivity index (χ0v) is 12.2. The Labute approximate surface area is 121 Å². The molecule has 7 nitrogen and oxygen atoms in total. The van der Waals surface area contributed by atoms with E-state index >= 15 is 0 Å². The van der Waals surface area contributed by atoms with Crippen molar-refractivity contribution in [2.75, 3.05) is 32.9 Å². The van der Waals surface area contributed by atoms with Crippen molar-refractivity contribution in [3.05, 3.63) is 11.5 Å². The Morgan fingerprint density at radius 1 is 1.00 bits per heavy atom. The number of hydrogen-bond donors (Lipinski definition) is 5. The fraction of sp³-hybridized carbons (Fsp3) is 0.846. The molecule has 0 aromatic carbocycles. The molecule has 0 radical (unpaired) electrons. The first-order valence-corrected chi connectivity index (χ1v) is 7.13. The molecular weight excluding hydrogens is 260 g/mol. The fourth-order valence-corrected chi connectivity index (χ4v) is 1.57. The summed E-state index contributed by atoms with van der Waals surface area (Å²) >= 11 is 0. The van der Waals surface area contributed by atoms with Crippen LogP contribution in [-0.2, 0) is 9.47 Å². The van der Waals surface area contributed by atoms with Gasteiger partial charge in [0.15, 0.2) is 0 Å². The maximum Gasteiger partial charge on any atom is 0.115 e. The van der Waals surface area contributed by atoms with E-state index < -0.39 is 6.23 Å². The van der Waals surface area contributed by atoms with E-state index in [0.717, 1.165) is 19.3 Å². The first kappa shape index (κ1) is 19.1. The molecule has 20 heavy (non-hydrogen) atoms. The Hall–Kier alpha value is -0.860. The average molecular weight is 290 g/mol. The topological polar surface area (TPSA) is 143 Å². The van der Waals surface area contributed by atoms with Crippen LogP contribution < -0.4 is 22.9 Å². The second-order valence-electron chi connectivity index (χ2n) is 4.57. The zero-order valence-electron chi connectivity index (χ0n) is 12.2. The minimum absolute atomic E-state index is 0.200. The molecule has 1 unspecified atom stereocenters. The van der Waals surface area contributed by atoms with E-state index in [2.05, 4.69) is 0 Å². The SMILES string of the molecule is NCCCOCCCC(OCCCN)=C(N)CC(N)O. The van der Waals surface area contributed by atoms with Crippen LogP contribution in [0.1, 0.15) is 32.1 Å². The van der Waals surface area contributed by atoms with Crippen molar-refractivity contribution in [2.24, 2.45) is 22.9 Å². The van der Waals surface area contributed by atoms with E-state index in [1.54, 1.807) is 0 Å². The van der Waals surface area contributed by atoms with Gasteiger partial charge < -0.3 is 37.5 Å². The second-order valence-corrected chi connectivity index (χ2v) is 4.57. The summed E-state index contributed by atoms with van der Waals surface area (Å²) in [6, 6.07) is 0. The Morgan fingerprint density at radius 2 is 1.60 bits per heavy atom. The monoisotopic (exact) mass is 290 g/mol. The summed E-state index contributed by atoms with van der Waals surface area (Å²) in [5.74, 6) is 0.672. The summed E-state index contributed by atoms with van der Waals surface area (Å²) in [7, 11) is 0. The Bertz CT molecular complexity index is 260. The molecule has 0 saturated carbocycles. The van der Waals surface area contributed by atoms with Crippen LogP contribution in [0.4, 0.5) is 0 Å². The Morgan fingerprint density at radius 3 is 2.20 bits per heavy atom. The average Bonchev–Trinajstić information content (AvgIpc) is 2.39. The highest BCUT2D eigenvalue weighted by atomic mass is 16.5. The van der Waals surface area contributed by atoms with Crippen LogP contribution in [-0.4, -0.2) is 44.2 Å². The van der Waals surface area contributed by atoms with Gasteiger partial charge in [-0.15, -0.1) is 0 Å². The van der Waals surface area contributed by atoms with Crippen molar-refractivity contribution < 1.29 is 14.6 Å². The van der Waals surface area contributed by atoms with Crippen LogP contribution in [0, 0.1) is 0 Å². The molecule has 0 spiro atoms. The molecule has 0 rings (SSSR count). The van der Waals surface area contributed by atoms with Gasteiger partial charge in [0.1, 0.15) is 12.0 Å². The molecule has 7 heteroatoms. The van der Waals surface area contributed by atoms with Gasteiger partial charge in [-0.25, -0.2) is 0 Å². The van der Waals surface area contributed by atoms with Crippen LogP contribution in [0.2, 0.25) is 0 Å². The van der Waals surface area contributed by atoms with E-state index in [9.17, 15) is 0 Å². The van der Waals surface area contributed by atoms with Gasteiger partial charge in [0.2, 0.25) is 0 Å². The number of rotatable bonds is 13. The molecule has 120 valence electrons. The van der Waals surface area contributed by atoms with Gasteiger partial charge >= 0.3 is 0 Å². The highest BCUT2D eigenvalue weighted by Crippen LogP contribution is 2.13. The normalized spacial score (nSPS) is 14.0. The van der Waals surface area contributed by atoms with Crippen LogP contribution in [0.3, 0.4) is 0 Å². The summed E-state index contributed by atoms with van der Waals surface area (Å²) in [6.45, 7) is 3.01. The van der Waals surface area contributed by atoms with Crippen LogP contribution >= 0.6 is 0 Å². The van der Waals surface area contributed by atoms with E-state index in [-0.39, 0.29) is 6.42 Å². The lowest BCUT2D eigenvalue weighted by molar-refractivity contribution is 0.122. The molecule has 0 aliphatic heterocycles. The van der Waals surface area contributed by atoms with Gasteiger partial charge in [0.25, 0.3) is 0 Å². The number of aliphatic hydroxyl groups excluding tert-OH is 1. The van der Waals surface area contributed by atoms with Gasteiger partial charge in [-0.1, -0.05) is 0 Å². The summed E-state index contributed by atoms with van der Waals surface area (Å²) in [4.78, 5) is 0. The standard InChI is InChI=1S/C13H30N4O3/c14-5-2-8-19-7-1-4-12(20-9-3-6-15)11(16)10-13(17)18/h13,18H,1-10,14-17H2. The lowest BCUT2D eigenvalue weighted by Crippen LogP contribution is -2.23. The molecule has 1 atom stereocenters. The highest BCUT2D eigenvalue weighted by Gasteiger charge is 2.08. The molecule has 0 aliphatic carbocycles. The summed E-state index contributed by atoms with van der Waals surface area (Å²) in [5.41, 5.74) is 22.5. The van der Waals surface area contributed by atoms with Crippen molar-refractivity contribution >= 4 is 0 Å². The zero-order chi connectivity index (χ0) is 15.2. The van der Waals surface area contributed by atoms with Gasteiger partial charge in [-0.2, -0.15) is 0 Å². The quantitative estimate of drug-likeness (QED) is 0.172. The van der Waals surface area contributed by atoms with Gasteiger partial charge in [-0.3, -0.25) is 0 Å². The molecule has 0 heterocycles. The third-order valence-electron chi connectivity index (χ3n) is 2.60. The molecule has 0 aliphatic rings. The first-order valence-electron chi connectivity index (χ1n) is 7.13. The Kier molecular flexibility index (Phi) is 12.6. The summed E-state index contributed by atoms with van der Waals surface area (Å²) in [6.07, 6.45) is 2.30. The third kappa shape index (κ3) is 11.0. The lowest BCUT2D eigenvalue weighted by Gasteiger charge is -2.15. The Balaban J connectivity index is 4.10.